The first-order chi connectivity index (χ1) is 11.0. The summed E-state index contributed by atoms with van der Waals surface area (Å²) in [6.45, 7) is 0.670. The van der Waals surface area contributed by atoms with Crippen LogP contribution >= 0.6 is 0 Å². The van der Waals surface area contributed by atoms with Crippen molar-refractivity contribution < 1.29 is 4.79 Å². The normalized spacial score (nSPS) is 17.1. The largest absolute Gasteiger partial charge is 0.378 e. The molecule has 1 fully saturated rings. The van der Waals surface area contributed by atoms with Crippen LogP contribution in [0.3, 0.4) is 0 Å². The Morgan fingerprint density at radius 3 is 2.22 bits per heavy atom. The maximum atomic E-state index is 12.4. The number of benzene rings is 1. The molecular weight excluding hydrogens is 286 g/mol. The van der Waals surface area contributed by atoms with Crippen LogP contribution in [0, 0.1) is 5.92 Å². The monoisotopic (exact) mass is 317 g/mol. The zero-order chi connectivity index (χ0) is 16.8. The first-order valence-corrected chi connectivity index (χ1v) is 8.70. The molecular formula is C19H31N3O. The van der Waals surface area contributed by atoms with E-state index in [1.165, 1.54) is 30.5 Å². The molecule has 128 valence electrons. The zero-order valence-corrected chi connectivity index (χ0v) is 15.0. The summed E-state index contributed by atoms with van der Waals surface area (Å²) in [6.07, 6.45) is 5.77. The quantitative estimate of drug-likeness (QED) is 0.876. The number of carbonyl (C=O) groups is 1. The molecule has 1 saturated carbocycles. The Bertz CT molecular complexity index is 490. The van der Waals surface area contributed by atoms with Crippen molar-refractivity contribution in [2.24, 2.45) is 5.92 Å². The van der Waals surface area contributed by atoms with Crippen LogP contribution in [-0.2, 0) is 4.79 Å². The number of hydrogen-bond donors (Lipinski definition) is 1. The highest BCUT2D eigenvalue weighted by molar-refractivity contribution is 5.78. The Morgan fingerprint density at radius 1 is 1.09 bits per heavy atom. The van der Waals surface area contributed by atoms with Crippen molar-refractivity contribution in [1.82, 2.24) is 10.2 Å². The predicted octanol–water partition coefficient (Wildman–Crippen LogP) is 3.05. The van der Waals surface area contributed by atoms with Crippen molar-refractivity contribution >= 4 is 11.6 Å². The van der Waals surface area contributed by atoms with Crippen LogP contribution < -0.4 is 10.2 Å². The molecule has 1 aliphatic carbocycles. The first-order valence-electron chi connectivity index (χ1n) is 8.70. The highest BCUT2D eigenvalue weighted by atomic mass is 16.1. The molecule has 0 bridgehead atoms. The lowest BCUT2D eigenvalue weighted by Crippen LogP contribution is -2.38. The number of nitrogens with zero attached hydrogens (tertiary/aromatic N) is 2. The number of amides is 1. The lowest BCUT2D eigenvalue weighted by atomic mass is 9.88. The minimum Gasteiger partial charge on any atom is -0.378 e. The van der Waals surface area contributed by atoms with E-state index in [2.05, 4.69) is 53.5 Å². The Labute approximate surface area is 140 Å². The van der Waals surface area contributed by atoms with E-state index in [0.29, 0.717) is 6.54 Å². The summed E-state index contributed by atoms with van der Waals surface area (Å²) in [7, 11) is 8.22. The molecule has 1 aliphatic rings. The molecule has 1 N–H and O–H groups in total. The Hall–Kier alpha value is -1.55. The number of rotatable bonds is 6. The molecule has 1 aromatic rings. The second kappa shape index (κ2) is 8.34. The number of hydrogen-bond acceptors (Lipinski definition) is 3. The topological polar surface area (TPSA) is 35.6 Å². The summed E-state index contributed by atoms with van der Waals surface area (Å²) in [6, 6.07) is 8.79. The summed E-state index contributed by atoms with van der Waals surface area (Å²) < 4.78 is 0. The van der Waals surface area contributed by atoms with Gasteiger partial charge in [-0.25, -0.2) is 0 Å². The van der Waals surface area contributed by atoms with Crippen molar-refractivity contribution in [3.63, 3.8) is 0 Å². The SMILES string of the molecule is CN(C)c1ccc(C(CNC(=O)C2CCCCC2)N(C)C)cc1. The molecule has 0 spiro atoms. The molecule has 4 heteroatoms. The van der Waals surface area contributed by atoms with E-state index in [1.54, 1.807) is 0 Å². The van der Waals surface area contributed by atoms with Gasteiger partial charge in [-0.3, -0.25) is 4.79 Å². The van der Waals surface area contributed by atoms with Gasteiger partial charge in [0.05, 0.1) is 6.04 Å². The van der Waals surface area contributed by atoms with Gasteiger partial charge >= 0.3 is 0 Å². The molecule has 0 radical (unpaired) electrons. The number of anilines is 1. The van der Waals surface area contributed by atoms with Gasteiger partial charge in [0.1, 0.15) is 0 Å². The van der Waals surface area contributed by atoms with Crippen LogP contribution in [-0.4, -0.2) is 45.5 Å². The third kappa shape index (κ3) is 4.96. The van der Waals surface area contributed by atoms with E-state index in [9.17, 15) is 4.79 Å². The average molecular weight is 317 g/mol. The van der Waals surface area contributed by atoms with Gasteiger partial charge in [0.15, 0.2) is 0 Å². The highest BCUT2D eigenvalue weighted by Gasteiger charge is 2.22. The van der Waals surface area contributed by atoms with Crippen LogP contribution in [0.4, 0.5) is 5.69 Å². The van der Waals surface area contributed by atoms with Gasteiger partial charge in [-0.2, -0.15) is 0 Å². The highest BCUT2D eigenvalue weighted by Crippen LogP contribution is 2.25. The van der Waals surface area contributed by atoms with Crippen molar-refractivity contribution in [3.8, 4) is 0 Å². The average Bonchev–Trinajstić information content (AvgIpc) is 2.55. The van der Waals surface area contributed by atoms with Gasteiger partial charge in [0.2, 0.25) is 5.91 Å². The van der Waals surface area contributed by atoms with Crippen molar-refractivity contribution in [3.05, 3.63) is 29.8 Å². The maximum Gasteiger partial charge on any atom is 0.223 e. The van der Waals surface area contributed by atoms with Gasteiger partial charge in [-0.1, -0.05) is 31.4 Å². The molecule has 4 nitrogen and oxygen atoms in total. The summed E-state index contributed by atoms with van der Waals surface area (Å²) >= 11 is 0. The van der Waals surface area contributed by atoms with E-state index < -0.39 is 0 Å². The second-order valence-corrected chi connectivity index (χ2v) is 7.05. The minimum absolute atomic E-state index is 0.207. The third-order valence-corrected chi connectivity index (χ3v) is 4.86. The molecule has 23 heavy (non-hydrogen) atoms. The van der Waals surface area contributed by atoms with Crippen LogP contribution in [0.1, 0.15) is 43.7 Å². The molecule has 0 heterocycles. The van der Waals surface area contributed by atoms with Crippen molar-refractivity contribution in [2.75, 3.05) is 39.6 Å². The Morgan fingerprint density at radius 2 is 1.70 bits per heavy atom. The molecule has 1 unspecified atom stereocenters. The van der Waals surface area contributed by atoms with Crippen LogP contribution in [0.15, 0.2) is 24.3 Å². The summed E-state index contributed by atoms with van der Waals surface area (Å²) in [4.78, 5) is 16.6. The Kier molecular flexibility index (Phi) is 6.46. The fourth-order valence-electron chi connectivity index (χ4n) is 3.30. The van der Waals surface area contributed by atoms with E-state index in [1.807, 2.05) is 14.1 Å². The fourth-order valence-corrected chi connectivity index (χ4v) is 3.30. The summed E-state index contributed by atoms with van der Waals surface area (Å²) in [5.74, 6) is 0.462. The molecule has 1 amide bonds. The number of likely N-dealkylation sites (N-methyl/N-ethyl adjacent to an activating group) is 1. The first kappa shape index (κ1) is 17.8. The van der Waals surface area contributed by atoms with Crippen molar-refractivity contribution in [1.29, 1.82) is 0 Å². The maximum absolute atomic E-state index is 12.4. The lowest BCUT2D eigenvalue weighted by Gasteiger charge is -2.27. The van der Waals surface area contributed by atoms with Gasteiger partial charge in [0, 0.05) is 32.2 Å². The van der Waals surface area contributed by atoms with Crippen molar-refractivity contribution in [2.45, 2.75) is 38.1 Å². The molecule has 2 rings (SSSR count). The number of nitrogens with one attached hydrogen (secondary N) is 1. The van der Waals surface area contributed by atoms with E-state index >= 15 is 0 Å². The molecule has 0 aromatic heterocycles. The van der Waals surface area contributed by atoms with E-state index in [4.69, 9.17) is 0 Å². The minimum atomic E-state index is 0.207. The predicted molar refractivity (Wildman–Crippen MR) is 96.8 cm³/mol. The van der Waals surface area contributed by atoms with Gasteiger partial charge in [-0.15, -0.1) is 0 Å². The Balaban J connectivity index is 1.96. The fraction of sp³-hybridized carbons (Fsp3) is 0.632. The molecule has 0 aliphatic heterocycles. The number of carbonyl (C=O) groups excluding carboxylic acids is 1. The molecule has 0 saturated heterocycles. The summed E-state index contributed by atoms with van der Waals surface area (Å²) in [5.41, 5.74) is 2.43. The van der Waals surface area contributed by atoms with Gasteiger partial charge in [-0.05, 0) is 44.6 Å². The smallest absolute Gasteiger partial charge is 0.223 e. The van der Waals surface area contributed by atoms with Crippen LogP contribution in [0.5, 0.6) is 0 Å². The zero-order valence-electron chi connectivity index (χ0n) is 15.0. The van der Waals surface area contributed by atoms with Crippen LogP contribution in [0.25, 0.3) is 0 Å². The standard InChI is InChI=1S/C19H31N3O/c1-21(2)17-12-10-15(11-13-17)18(22(3)4)14-20-19(23)16-8-6-5-7-9-16/h10-13,16,18H,5-9,14H2,1-4H3,(H,20,23). The molecule has 1 atom stereocenters. The lowest BCUT2D eigenvalue weighted by molar-refractivity contribution is -0.126. The van der Waals surface area contributed by atoms with Crippen LogP contribution in [0.2, 0.25) is 0 Å². The third-order valence-electron chi connectivity index (χ3n) is 4.86. The van der Waals surface area contributed by atoms with E-state index in [-0.39, 0.29) is 17.9 Å². The molecule has 1 aromatic carbocycles. The van der Waals surface area contributed by atoms with Gasteiger partial charge < -0.3 is 15.1 Å². The second-order valence-electron chi connectivity index (χ2n) is 7.05. The van der Waals surface area contributed by atoms with E-state index in [0.717, 1.165) is 12.8 Å². The summed E-state index contributed by atoms with van der Waals surface area (Å²) in [5, 5.41) is 3.18. The van der Waals surface area contributed by atoms with Gasteiger partial charge in [0.25, 0.3) is 0 Å².